The predicted molar refractivity (Wildman–Crippen MR) is 66.3 cm³/mol. The van der Waals surface area contributed by atoms with Gasteiger partial charge in [-0.2, -0.15) is 0 Å². The summed E-state index contributed by atoms with van der Waals surface area (Å²) in [7, 11) is 1.67. The minimum atomic E-state index is 0.647. The van der Waals surface area contributed by atoms with E-state index in [9.17, 15) is 0 Å². The molecule has 0 aliphatic rings. The van der Waals surface area contributed by atoms with Crippen LogP contribution in [0.3, 0.4) is 0 Å². The molecule has 0 spiro atoms. The van der Waals surface area contributed by atoms with Gasteiger partial charge in [0.2, 0.25) is 0 Å². The molecule has 0 saturated heterocycles. The molecule has 0 bridgehead atoms. The average molecular weight is 289 g/mol. The Bertz CT molecular complexity index is 280. The van der Waals surface area contributed by atoms with Gasteiger partial charge in [-0.05, 0) is 28.1 Å². The minimum Gasteiger partial charge on any atom is -0.382 e. The van der Waals surface area contributed by atoms with Gasteiger partial charge >= 0.3 is 0 Å². The van der Waals surface area contributed by atoms with E-state index in [1.165, 1.54) is 0 Å². The van der Waals surface area contributed by atoms with Crippen molar-refractivity contribution in [2.75, 3.05) is 33.5 Å². The van der Waals surface area contributed by atoms with Gasteiger partial charge in [-0.3, -0.25) is 4.98 Å². The Labute approximate surface area is 104 Å². The zero-order valence-corrected chi connectivity index (χ0v) is 11.0. The molecular weight excluding hydrogens is 272 g/mol. The van der Waals surface area contributed by atoms with E-state index >= 15 is 0 Å². The maximum absolute atomic E-state index is 5.32. The van der Waals surface area contributed by atoms with Crippen LogP contribution in [-0.4, -0.2) is 38.5 Å². The summed E-state index contributed by atoms with van der Waals surface area (Å²) in [5, 5.41) is 3.25. The quantitative estimate of drug-likeness (QED) is 0.738. The SMILES string of the molecule is COCCOCCNCc1ccc(Br)cn1. The lowest BCUT2D eigenvalue weighted by Gasteiger charge is -2.05. The fourth-order valence-electron chi connectivity index (χ4n) is 1.12. The molecular formula is C11H17BrN2O2. The van der Waals surface area contributed by atoms with E-state index in [1.807, 2.05) is 12.1 Å². The first kappa shape index (κ1) is 13.6. The van der Waals surface area contributed by atoms with Crippen molar-refractivity contribution in [3.8, 4) is 0 Å². The zero-order valence-electron chi connectivity index (χ0n) is 9.41. The molecule has 0 atom stereocenters. The minimum absolute atomic E-state index is 0.647. The van der Waals surface area contributed by atoms with Crippen molar-refractivity contribution >= 4 is 15.9 Å². The van der Waals surface area contributed by atoms with Crippen LogP contribution in [0.25, 0.3) is 0 Å². The summed E-state index contributed by atoms with van der Waals surface area (Å²) in [6, 6.07) is 3.97. The number of methoxy groups -OCH3 is 1. The Balaban J connectivity index is 2.01. The van der Waals surface area contributed by atoms with Crippen molar-refractivity contribution < 1.29 is 9.47 Å². The average Bonchev–Trinajstić information content (AvgIpc) is 2.30. The number of aromatic nitrogens is 1. The lowest BCUT2D eigenvalue weighted by Crippen LogP contribution is -2.20. The van der Waals surface area contributed by atoms with Crippen molar-refractivity contribution in [2.45, 2.75) is 6.54 Å². The van der Waals surface area contributed by atoms with E-state index in [4.69, 9.17) is 9.47 Å². The predicted octanol–water partition coefficient (Wildman–Crippen LogP) is 1.60. The monoisotopic (exact) mass is 288 g/mol. The van der Waals surface area contributed by atoms with Gasteiger partial charge in [0.25, 0.3) is 0 Å². The van der Waals surface area contributed by atoms with E-state index in [0.29, 0.717) is 19.8 Å². The molecule has 1 aromatic heterocycles. The molecule has 0 amide bonds. The molecule has 0 aromatic carbocycles. The van der Waals surface area contributed by atoms with E-state index in [2.05, 4.69) is 26.2 Å². The molecule has 1 aromatic rings. The van der Waals surface area contributed by atoms with Crippen molar-refractivity contribution in [3.63, 3.8) is 0 Å². The summed E-state index contributed by atoms with van der Waals surface area (Å²) in [4.78, 5) is 4.26. The van der Waals surface area contributed by atoms with Crippen LogP contribution >= 0.6 is 15.9 Å². The normalized spacial score (nSPS) is 10.6. The van der Waals surface area contributed by atoms with Crippen LogP contribution < -0.4 is 5.32 Å². The third-order valence-corrected chi connectivity index (χ3v) is 2.42. The van der Waals surface area contributed by atoms with Gasteiger partial charge in [-0.25, -0.2) is 0 Å². The van der Waals surface area contributed by atoms with Crippen LogP contribution in [0.15, 0.2) is 22.8 Å². The molecule has 0 fully saturated rings. The van der Waals surface area contributed by atoms with Crippen molar-refractivity contribution in [2.24, 2.45) is 0 Å². The summed E-state index contributed by atoms with van der Waals surface area (Å²) in [5.41, 5.74) is 1.03. The lowest BCUT2D eigenvalue weighted by molar-refractivity contribution is 0.0719. The van der Waals surface area contributed by atoms with Gasteiger partial charge in [0.1, 0.15) is 0 Å². The lowest BCUT2D eigenvalue weighted by atomic mass is 10.3. The van der Waals surface area contributed by atoms with Crippen LogP contribution in [0.2, 0.25) is 0 Å². The Hall–Kier alpha value is -0.490. The molecule has 16 heavy (non-hydrogen) atoms. The van der Waals surface area contributed by atoms with Gasteiger partial charge in [0.15, 0.2) is 0 Å². The number of rotatable bonds is 8. The molecule has 1 rings (SSSR count). The second-order valence-corrected chi connectivity index (χ2v) is 4.17. The highest BCUT2D eigenvalue weighted by Gasteiger charge is 1.94. The summed E-state index contributed by atoms with van der Waals surface area (Å²) in [6.07, 6.45) is 1.80. The second kappa shape index (κ2) is 8.64. The maximum Gasteiger partial charge on any atom is 0.0700 e. The first-order chi connectivity index (χ1) is 7.83. The number of hydrogen-bond donors (Lipinski definition) is 1. The maximum atomic E-state index is 5.32. The zero-order chi connectivity index (χ0) is 11.6. The Morgan fingerprint density at radius 1 is 1.31 bits per heavy atom. The summed E-state index contributed by atoms with van der Waals surface area (Å²) in [5.74, 6) is 0. The highest BCUT2D eigenvalue weighted by atomic mass is 79.9. The highest BCUT2D eigenvalue weighted by molar-refractivity contribution is 9.10. The van der Waals surface area contributed by atoms with E-state index in [-0.39, 0.29) is 0 Å². The molecule has 5 heteroatoms. The number of halogens is 1. The van der Waals surface area contributed by atoms with Gasteiger partial charge < -0.3 is 14.8 Å². The standard InChI is InChI=1S/C11H17BrN2O2/c1-15-6-7-16-5-4-13-9-11-3-2-10(12)8-14-11/h2-3,8,13H,4-7,9H2,1H3. The summed E-state index contributed by atoms with van der Waals surface area (Å²) < 4.78 is 11.2. The van der Waals surface area contributed by atoms with Gasteiger partial charge in [-0.1, -0.05) is 0 Å². The largest absolute Gasteiger partial charge is 0.382 e. The van der Waals surface area contributed by atoms with Crippen LogP contribution in [-0.2, 0) is 16.0 Å². The van der Waals surface area contributed by atoms with Crippen molar-refractivity contribution in [1.82, 2.24) is 10.3 Å². The topological polar surface area (TPSA) is 43.4 Å². The fraction of sp³-hybridized carbons (Fsp3) is 0.545. The van der Waals surface area contributed by atoms with Gasteiger partial charge in [0, 0.05) is 30.9 Å². The van der Waals surface area contributed by atoms with Crippen LogP contribution in [0, 0.1) is 0 Å². The van der Waals surface area contributed by atoms with Crippen LogP contribution in [0.4, 0.5) is 0 Å². The number of nitrogens with zero attached hydrogens (tertiary/aromatic N) is 1. The third-order valence-electron chi connectivity index (χ3n) is 1.95. The Kier molecular flexibility index (Phi) is 7.33. The molecule has 4 nitrogen and oxygen atoms in total. The smallest absolute Gasteiger partial charge is 0.0700 e. The molecule has 0 unspecified atom stereocenters. The van der Waals surface area contributed by atoms with Crippen molar-refractivity contribution in [3.05, 3.63) is 28.5 Å². The molecule has 0 saturated carbocycles. The first-order valence-electron chi connectivity index (χ1n) is 5.21. The number of nitrogens with one attached hydrogen (secondary N) is 1. The highest BCUT2D eigenvalue weighted by Crippen LogP contribution is 2.06. The Morgan fingerprint density at radius 3 is 2.88 bits per heavy atom. The van der Waals surface area contributed by atoms with E-state index < -0.39 is 0 Å². The van der Waals surface area contributed by atoms with Crippen molar-refractivity contribution in [1.29, 1.82) is 0 Å². The molecule has 90 valence electrons. The molecule has 0 radical (unpaired) electrons. The van der Waals surface area contributed by atoms with E-state index in [0.717, 1.165) is 23.3 Å². The first-order valence-corrected chi connectivity index (χ1v) is 6.00. The summed E-state index contributed by atoms with van der Waals surface area (Å²) >= 11 is 3.35. The second-order valence-electron chi connectivity index (χ2n) is 3.25. The molecule has 0 aliphatic carbocycles. The van der Waals surface area contributed by atoms with Gasteiger partial charge in [-0.15, -0.1) is 0 Å². The van der Waals surface area contributed by atoms with Crippen LogP contribution in [0.1, 0.15) is 5.69 Å². The number of pyridine rings is 1. The van der Waals surface area contributed by atoms with Gasteiger partial charge in [0.05, 0.1) is 25.5 Å². The number of ether oxygens (including phenoxy) is 2. The van der Waals surface area contributed by atoms with E-state index in [1.54, 1.807) is 13.3 Å². The molecule has 1 heterocycles. The number of hydrogen-bond acceptors (Lipinski definition) is 4. The van der Waals surface area contributed by atoms with Crippen LogP contribution in [0.5, 0.6) is 0 Å². The summed E-state index contributed by atoms with van der Waals surface area (Å²) in [6.45, 7) is 3.57. The molecule has 1 N–H and O–H groups in total. The molecule has 0 aliphatic heterocycles. The third kappa shape index (κ3) is 6.17. The Morgan fingerprint density at radius 2 is 2.19 bits per heavy atom. The fourth-order valence-corrected chi connectivity index (χ4v) is 1.35.